The Morgan fingerprint density at radius 3 is 0.939 bits per heavy atom. The zero-order chi connectivity index (χ0) is 35.6. The van der Waals surface area contributed by atoms with Gasteiger partial charge in [0, 0.05) is 0 Å². The number of rotatable bonds is 30. The fourth-order valence-electron chi connectivity index (χ4n) is 9.45. The van der Waals surface area contributed by atoms with Gasteiger partial charge in [0.2, 0.25) is 0 Å². The van der Waals surface area contributed by atoms with E-state index in [-0.39, 0.29) is 0 Å². The van der Waals surface area contributed by atoms with Crippen LogP contribution in [0.15, 0.2) is 12.1 Å². The third kappa shape index (κ3) is 11.5. The number of unbranched alkanes of at least 4 members (excludes halogenated alkanes) is 12. The Morgan fingerprint density at radius 2 is 0.673 bits per heavy atom. The van der Waals surface area contributed by atoms with E-state index in [2.05, 4.69) is 90.2 Å². The van der Waals surface area contributed by atoms with E-state index in [1.807, 2.05) is 26.7 Å². The molecule has 0 atom stereocenters. The Labute approximate surface area is 324 Å². The molecule has 49 heavy (non-hydrogen) atoms. The Bertz CT molecular complexity index is 1030. The average Bonchev–Trinajstić information content (AvgIpc) is 3.82. The molecule has 2 heterocycles. The molecule has 0 amide bonds. The summed E-state index contributed by atoms with van der Waals surface area (Å²) in [6.07, 6.45) is 31.1. The van der Waals surface area contributed by atoms with E-state index in [9.17, 15) is 0 Å². The van der Waals surface area contributed by atoms with Gasteiger partial charge in [-0.05, 0) is 0 Å². The molecule has 0 bridgehead atoms. The van der Waals surface area contributed by atoms with Gasteiger partial charge in [-0.2, -0.15) is 0 Å². The van der Waals surface area contributed by atoms with Gasteiger partial charge in [-0.3, -0.25) is 0 Å². The SMILES string of the molecule is CCCCCCC1(CCCCCC)c2c[c]([Sn]([CH2]CCC)([CH2]CCC)[CH2]CCC)sc2-c2s[c]([Sn]([CH2]CCC)([CH2]CCC)[CH2]CCC)cc21. The van der Waals surface area contributed by atoms with Crippen molar-refractivity contribution in [2.24, 2.45) is 0 Å². The second kappa shape index (κ2) is 23.7. The first kappa shape index (κ1) is 44.4. The van der Waals surface area contributed by atoms with Crippen LogP contribution in [0, 0.1) is 0 Å². The first-order valence-electron chi connectivity index (χ1n) is 22.2. The third-order valence-corrected chi connectivity index (χ3v) is 51.6. The fraction of sp³-hybridized carbons (Fsp3) is 0.822. The number of thiophene rings is 2. The molecular formula is C45H82S2Sn2. The summed E-state index contributed by atoms with van der Waals surface area (Å²) in [7, 11) is 0. The van der Waals surface area contributed by atoms with Crippen molar-refractivity contribution >= 4 is 65.2 Å². The first-order valence-corrected chi connectivity index (χ1v) is 38.8. The standard InChI is InChI=1S/C21H28S2.6C4H9.2Sn/c1-3-5-7-9-13-21(14-10-8-6-4-2)17-11-15-22-19(17)20-18(21)12-16-23-20;6*1-3-4-2;;/h11-12H,3-10,13-14H2,1-2H3;6*1,3-4H2,2H3;;. The van der Waals surface area contributed by atoms with Crippen molar-refractivity contribution in [2.75, 3.05) is 0 Å². The zero-order valence-corrected chi connectivity index (χ0v) is 41.6. The van der Waals surface area contributed by atoms with Crippen molar-refractivity contribution in [2.45, 2.75) is 229 Å². The molecular weight excluding hydrogens is 842 g/mol. The molecule has 282 valence electrons. The minimum absolute atomic E-state index is 0.297. The van der Waals surface area contributed by atoms with Gasteiger partial charge in [-0.25, -0.2) is 0 Å². The molecule has 0 nitrogen and oxygen atoms in total. The fourth-order valence-corrected chi connectivity index (χ4v) is 50.3. The minimum atomic E-state index is -2.54. The van der Waals surface area contributed by atoms with E-state index in [1.165, 1.54) is 141 Å². The summed E-state index contributed by atoms with van der Waals surface area (Å²) in [5.74, 6) is 0. The second-order valence-electron chi connectivity index (χ2n) is 16.6. The van der Waals surface area contributed by atoms with Crippen LogP contribution >= 0.6 is 22.7 Å². The number of fused-ring (bicyclic) bond motifs is 3. The third-order valence-electron chi connectivity index (χ3n) is 12.7. The Morgan fingerprint density at radius 1 is 0.388 bits per heavy atom. The van der Waals surface area contributed by atoms with Crippen LogP contribution in [-0.4, -0.2) is 36.8 Å². The van der Waals surface area contributed by atoms with Crippen molar-refractivity contribution in [3.05, 3.63) is 23.3 Å². The maximum absolute atomic E-state index is 2.99. The molecule has 0 spiro atoms. The summed E-state index contributed by atoms with van der Waals surface area (Å²) in [6, 6.07) is 5.98. The topological polar surface area (TPSA) is 0 Å². The Kier molecular flexibility index (Phi) is 21.5. The van der Waals surface area contributed by atoms with Crippen molar-refractivity contribution < 1.29 is 0 Å². The number of hydrogen-bond donors (Lipinski definition) is 0. The first-order chi connectivity index (χ1) is 23.9. The van der Waals surface area contributed by atoms with Crippen LogP contribution in [0.4, 0.5) is 0 Å². The second-order valence-corrected chi connectivity index (χ2v) is 47.0. The van der Waals surface area contributed by atoms with Crippen molar-refractivity contribution in [1.29, 1.82) is 0 Å². The molecule has 1 aliphatic carbocycles. The molecule has 0 saturated carbocycles. The van der Waals surface area contributed by atoms with Gasteiger partial charge in [0.25, 0.3) is 0 Å². The van der Waals surface area contributed by atoms with Gasteiger partial charge in [0.1, 0.15) is 0 Å². The molecule has 3 rings (SSSR count). The van der Waals surface area contributed by atoms with Crippen molar-refractivity contribution in [1.82, 2.24) is 0 Å². The number of hydrogen-bond acceptors (Lipinski definition) is 2. The van der Waals surface area contributed by atoms with Crippen LogP contribution < -0.4 is 5.79 Å². The maximum atomic E-state index is 2.99. The summed E-state index contributed by atoms with van der Waals surface area (Å²) < 4.78 is 13.7. The van der Waals surface area contributed by atoms with Crippen molar-refractivity contribution in [3.8, 4) is 9.75 Å². The molecule has 0 aromatic carbocycles. The summed E-state index contributed by atoms with van der Waals surface area (Å²) in [5.41, 5.74) is 4.04. The molecule has 0 unspecified atom stereocenters. The summed E-state index contributed by atoms with van der Waals surface area (Å²) in [4.78, 5) is 3.64. The molecule has 0 aliphatic heterocycles. The average molecular weight is 925 g/mol. The van der Waals surface area contributed by atoms with Crippen LogP contribution in [-0.2, 0) is 5.41 Å². The van der Waals surface area contributed by atoms with E-state index in [0.29, 0.717) is 5.41 Å². The van der Waals surface area contributed by atoms with E-state index < -0.39 is 36.8 Å². The van der Waals surface area contributed by atoms with Gasteiger partial charge in [0.05, 0.1) is 0 Å². The van der Waals surface area contributed by atoms with E-state index >= 15 is 0 Å². The predicted octanol–water partition coefficient (Wildman–Crippen LogP) is 16.1. The van der Waals surface area contributed by atoms with Crippen LogP contribution in [0.5, 0.6) is 0 Å². The van der Waals surface area contributed by atoms with Gasteiger partial charge in [0.15, 0.2) is 0 Å². The van der Waals surface area contributed by atoms with Gasteiger partial charge in [-0.1, -0.05) is 0 Å². The molecule has 0 N–H and O–H groups in total. The quantitative estimate of drug-likeness (QED) is 0.0541. The van der Waals surface area contributed by atoms with Gasteiger partial charge < -0.3 is 0 Å². The van der Waals surface area contributed by atoms with Crippen LogP contribution in [0.3, 0.4) is 0 Å². The van der Waals surface area contributed by atoms with E-state index in [4.69, 9.17) is 0 Å². The molecule has 0 fully saturated rings. The van der Waals surface area contributed by atoms with Gasteiger partial charge in [-0.15, -0.1) is 0 Å². The normalized spacial score (nSPS) is 14.1. The van der Waals surface area contributed by atoms with Gasteiger partial charge >= 0.3 is 327 Å². The molecule has 0 radical (unpaired) electrons. The molecule has 2 aromatic rings. The zero-order valence-electron chi connectivity index (χ0n) is 34.3. The summed E-state index contributed by atoms with van der Waals surface area (Å²) >= 11 is -0.237. The Balaban J connectivity index is 2.30. The van der Waals surface area contributed by atoms with Crippen LogP contribution in [0.25, 0.3) is 9.75 Å². The molecule has 2 aromatic heterocycles. The predicted molar refractivity (Wildman–Crippen MR) is 235 cm³/mol. The van der Waals surface area contributed by atoms with Crippen molar-refractivity contribution in [3.63, 3.8) is 0 Å². The van der Waals surface area contributed by atoms with E-state index in [0.717, 1.165) is 0 Å². The molecule has 4 heteroatoms. The monoisotopic (exact) mass is 926 g/mol. The van der Waals surface area contributed by atoms with Crippen LogP contribution in [0.2, 0.25) is 26.6 Å². The Hall–Kier alpha value is 0.997. The van der Waals surface area contributed by atoms with E-state index in [1.54, 1.807) is 26.6 Å². The molecule has 1 aliphatic rings. The summed E-state index contributed by atoms with van der Waals surface area (Å²) in [6.45, 7) is 19.5. The summed E-state index contributed by atoms with van der Waals surface area (Å²) in [5, 5.41) is 0. The molecule has 0 saturated heterocycles. The van der Waals surface area contributed by atoms with Crippen LogP contribution in [0.1, 0.15) is 208 Å².